The highest BCUT2D eigenvalue weighted by atomic mass is 32.2. The molecule has 0 radical (unpaired) electrons. The minimum Gasteiger partial charge on any atom is -0.469 e. The molecule has 1 unspecified atom stereocenters. The number of ketones is 1. The molecule has 25 heavy (non-hydrogen) atoms. The Hall–Kier alpha value is -2.01. The molecule has 0 amide bonds. The van der Waals surface area contributed by atoms with Gasteiger partial charge in [-0.05, 0) is 43.1 Å². The summed E-state index contributed by atoms with van der Waals surface area (Å²) in [7, 11) is 1.41. The van der Waals surface area contributed by atoms with Gasteiger partial charge in [0.2, 0.25) is 5.78 Å². The predicted molar refractivity (Wildman–Crippen MR) is 97.4 cm³/mol. The fourth-order valence-electron chi connectivity index (χ4n) is 3.71. The molecule has 130 valence electrons. The Morgan fingerprint density at radius 1 is 1.16 bits per heavy atom. The van der Waals surface area contributed by atoms with Gasteiger partial charge < -0.3 is 9.30 Å². The summed E-state index contributed by atoms with van der Waals surface area (Å²) in [6.45, 7) is 0.677. The Morgan fingerprint density at radius 2 is 1.88 bits per heavy atom. The molecule has 1 aromatic carbocycles. The van der Waals surface area contributed by atoms with Gasteiger partial charge in [0.15, 0.2) is 0 Å². The molecule has 1 saturated carbocycles. The van der Waals surface area contributed by atoms with Gasteiger partial charge in [0.25, 0.3) is 0 Å². The smallest absolute Gasteiger partial charge is 0.314 e. The number of benzene rings is 1. The van der Waals surface area contributed by atoms with Crippen molar-refractivity contribution in [2.24, 2.45) is 0 Å². The number of esters is 1. The molecule has 4 rings (SSSR count). The first-order valence-electron chi connectivity index (χ1n) is 8.64. The van der Waals surface area contributed by atoms with E-state index < -0.39 is 0 Å². The van der Waals surface area contributed by atoms with Gasteiger partial charge in [-0.2, -0.15) is 0 Å². The van der Waals surface area contributed by atoms with E-state index >= 15 is 0 Å². The second-order valence-electron chi connectivity index (χ2n) is 6.73. The number of methoxy groups -OCH3 is 1. The van der Waals surface area contributed by atoms with E-state index in [9.17, 15) is 9.59 Å². The van der Waals surface area contributed by atoms with E-state index in [1.54, 1.807) is 11.8 Å². The summed E-state index contributed by atoms with van der Waals surface area (Å²) in [5.74, 6) is 0.221. The highest BCUT2D eigenvalue weighted by Gasteiger charge is 2.35. The number of fused-ring (bicyclic) bond motifs is 1. The van der Waals surface area contributed by atoms with Crippen molar-refractivity contribution in [1.29, 1.82) is 0 Å². The minimum atomic E-state index is -0.269. The number of carbonyl (C=O) groups excluding carboxylic acids is 2. The lowest BCUT2D eigenvalue weighted by molar-refractivity contribution is -0.142. The molecule has 1 aliphatic carbocycles. The van der Waals surface area contributed by atoms with E-state index in [1.165, 1.54) is 25.5 Å². The second kappa shape index (κ2) is 6.37. The fraction of sp³-hybridized carbons (Fsp3) is 0.400. The lowest BCUT2D eigenvalue weighted by Gasteiger charge is -2.08. The number of carbonyl (C=O) groups is 2. The summed E-state index contributed by atoms with van der Waals surface area (Å²) in [6, 6.07) is 10.0. The van der Waals surface area contributed by atoms with Crippen molar-refractivity contribution < 1.29 is 14.3 Å². The highest BCUT2D eigenvalue weighted by molar-refractivity contribution is 7.98. The standard InChI is InChI=1S/C20H21NO3S/c1-24-20(23)15-9-10-21-16(15)11-17(25-2)18(21)19(22)14-7-5-13(6-8-14)12-3-4-12/h5-8,11-12,15H,3-4,9-10H2,1-2H3. The van der Waals surface area contributed by atoms with Gasteiger partial charge in [0.05, 0.1) is 13.0 Å². The Labute approximate surface area is 151 Å². The van der Waals surface area contributed by atoms with E-state index in [-0.39, 0.29) is 17.7 Å². The first-order valence-corrected chi connectivity index (χ1v) is 9.86. The Balaban J connectivity index is 1.69. The van der Waals surface area contributed by atoms with Gasteiger partial charge in [-0.25, -0.2) is 0 Å². The first-order chi connectivity index (χ1) is 12.1. The summed E-state index contributed by atoms with van der Waals surface area (Å²) in [6.07, 6.45) is 5.17. The van der Waals surface area contributed by atoms with Crippen LogP contribution in [0, 0.1) is 0 Å². The number of thioether (sulfide) groups is 1. The molecule has 1 aliphatic heterocycles. The molecule has 0 N–H and O–H groups in total. The predicted octanol–water partition coefficient (Wildman–Crippen LogP) is 3.98. The van der Waals surface area contributed by atoms with Gasteiger partial charge >= 0.3 is 5.97 Å². The molecular weight excluding hydrogens is 334 g/mol. The topological polar surface area (TPSA) is 48.3 Å². The van der Waals surface area contributed by atoms with Gasteiger partial charge in [0.1, 0.15) is 5.69 Å². The van der Waals surface area contributed by atoms with Crippen LogP contribution in [0.5, 0.6) is 0 Å². The molecule has 2 aromatic rings. The van der Waals surface area contributed by atoms with E-state index in [4.69, 9.17) is 4.74 Å². The van der Waals surface area contributed by atoms with Crippen LogP contribution in [0.1, 0.15) is 58.4 Å². The summed E-state index contributed by atoms with van der Waals surface area (Å²) in [4.78, 5) is 26.1. The van der Waals surface area contributed by atoms with E-state index in [0.29, 0.717) is 30.1 Å². The Bertz CT molecular complexity index is 833. The molecule has 0 bridgehead atoms. The highest BCUT2D eigenvalue weighted by Crippen LogP contribution is 2.40. The van der Waals surface area contributed by atoms with Crippen molar-refractivity contribution in [3.05, 3.63) is 52.8 Å². The first kappa shape index (κ1) is 16.5. The second-order valence-corrected chi connectivity index (χ2v) is 7.58. The maximum Gasteiger partial charge on any atom is 0.314 e. The maximum atomic E-state index is 13.1. The molecule has 0 spiro atoms. The minimum absolute atomic E-state index is 0.0310. The van der Waals surface area contributed by atoms with Crippen molar-refractivity contribution in [1.82, 2.24) is 4.57 Å². The van der Waals surface area contributed by atoms with Gasteiger partial charge in [-0.1, -0.05) is 24.3 Å². The van der Waals surface area contributed by atoms with Gasteiger partial charge in [0, 0.05) is 22.7 Å². The number of aromatic nitrogens is 1. The molecule has 0 saturated heterocycles. The SMILES string of the molecule is COC(=O)C1CCn2c1cc(SC)c2C(=O)c1ccc(C2CC2)cc1. The molecule has 1 fully saturated rings. The zero-order chi connectivity index (χ0) is 17.6. The van der Waals surface area contributed by atoms with Crippen LogP contribution >= 0.6 is 11.8 Å². The maximum absolute atomic E-state index is 13.1. The van der Waals surface area contributed by atoms with Crippen molar-refractivity contribution in [2.45, 2.75) is 42.5 Å². The number of hydrogen-bond acceptors (Lipinski definition) is 4. The van der Waals surface area contributed by atoms with Crippen molar-refractivity contribution >= 4 is 23.5 Å². The van der Waals surface area contributed by atoms with Gasteiger partial charge in [-0.3, -0.25) is 9.59 Å². The van der Waals surface area contributed by atoms with Crippen LogP contribution in [0.15, 0.2) is 35.2 Å². The Kier molecular flexibility index (Phi) is 4.20. The number of hydrogen-bond donors (Lipinski definition) is 0. The summed E-state index contributed by atoms with van der Waals surface area (Å²) in [5.41, 5.74) is 3.64. The van der Waals surface area contributed by atoms with Gasteiger partial charge in [-0.15, -0.1) is 11.8 Å². The third-order valence-corrected chi connectivity index (χ3v) is 5.99. The van der Waals surface area contributed by atoms with Crippen LogP contribution in [0.25, 0.3) is 0 Å². The quantitative estimate of drug-likeness (QED) is 0.462. The number of rotatable bonds is 5. The lowest BCUT2D eigenvalue weighted by atomic mass is 10.0. The van der Waals surface area contributed by atoms with E-state index in [2.05, 4.69) is 12.1 Å². The normalized spacial score (nSPS) is 18.9. The van der Waals surface area contributed by atoms with Crippen LogP contribution in [0.2, 0.25) is 0 Å². The molecule has 1 atom stereocenters. The summed E-state index contributed by atoms with van der Waals surface area (Å²) in [5, 5.41) is 0. The third kappa shape index (κ3) is 2.80. The monoisotopic (exact) mass is 355 g/mol. The zero-order valence-corrected chi connectivity index (χ0v) is 15.3. The molecule has 2 heterocycles. The molecule has 4 nitrogen and oxygen atoms in total. The molecule has 5 heteroatoms. The summed E-state index contributed by atoms with van der Waals surface area (Å²) < 4.78 is 6.92. The lowest BCUT2D eigenvalue weighted by Crippen LogP contribution is -2.12. The third-order valence-electron chi connectivity index (χ3n) is 5.23. The zero-order valence-electron chi connectivity index (χ0n) is 14.5. The van der Waals surface area contributed by atoms with Crippen LogP contribution < -0.4 is 0 Å². The largest absolute Gasteiger partial charge is 0.469 e. The van der Waals surface area contributed by atoms with Crippen LogP contribution in [0.3, 0.4) is 0 Å². The van der Waals surface area contributed by atoms with Crippen molar-refractivity contribution in [3.8, 4) is 0 Å². The molecule has 2 aliphatic rings. The van der Waals surface area contributed by atoms with Crippen LogP contribution in [-0.4, -0.2) is 29.7 Å². The van der Waals surface area contributed by atoms with Crippen LogP contribution in [-0.2, 0) is 16.1 Å². The van der Waals surface area contributed by atoms with Crippen molar-refractivity contribution in [3.63, 3.8) is 0 Å². The van der Waals surface area contributed by atoms with Crippen LogP contribution in [0.4, 0.5) is 0 Å². The average Bonchev–Trinajstić information content (AvgIpc) is 3.32. The van der Waals surface area contributed by atoms with E-state index in [1.807, 2.05) is 29.0 Å². The Morgan fingerprint density at radius 3 is 2.48 bits per heavy atom. The van der Waals surface area contributed by atoms with Crippen molar-refractivity contribution in [2.75, 3.05) is 13.4 Å². The molecular formula is C20H21NO3S. The van der Waals surface area contributed by atoms with E-state index in [0.717, 1.165) is 10.6 Å². The summed E-state index contributed by atoms with van der Waals surface area (Å²) >= 11 is 1.55. The number of nitrogens with zero attached hydrogens (tertiary/aromatic N) is 1. The molecule has 1 aromatic heterocycles. The average molecular weight is 355 g/mol. The number of ether oxygens (including phenoxy) is 1. The fourth-order valence-corrected chi connectivity index (χ4v) is 4.34.